The van der Waals surface area contributed by atoms with E-state index in [1.54, 1.807) is 12.1 Å². The number of rotatable bonds is 7. The van der Waals surface area contributed by atoms with Gasteiger partial charge in [-0.25, -0.2) is 4.39 Å². The smallest absolute Gasteiger partial charge is 0.134 e. The molecule has 2 aromatic rings. The van der Waals surface area contributed by atoms with Gasteiger partial charge in [0.25, 0.3) is 0 Å². The van der Waals surface area contributed by atoms with E-state index in [4.69, 9.17) is 4.42 Å². The van der Waals surface area contributed by atoms with E-state index in [2.05, 4.69) is 24.3 Å². The van der Waals surface area contributed by atoms with Crippen LogP contribution in [0.15, 0.2) is 40.8 Å². The van der Waals surface area contributed by atoms with E-state index >= 15 is 0 Å². The molecule has 0 radical (unpaired) electrons. The molecule has 1 aromatic carbocycles. The van der Waals surface area contributed by atoms with E-state index in [1.165, 1.54) is 12.1 Å². The van der Waals surface area contributed by atoms with Gasteiger partial charge in [-0.05, 0) is 70.0 Å². The molecular weight excluding hydrogens is 255 g/mol. The molecule has 4 heteroatoms. The van der Waals surface area contributed by atoms with Crippen molar-refractivity contribution in [2.45, 2.75) is 13.0 Å². The van der Waals surface area contributed by atoms with Gasteiger partial charge in [0.05, 0.1) is 6.54 Å². The number of furan rings is 1. The molecule has 2 rings (SSSR count). The second kappa shape index (κ2) is 7.22. The topological polar surface area (TPSA) is 28.4 Å². The SMILES string of the molecule is CN(C)CCCNCc1ccc(-c2ccc(F)cc2)o1. The molecule has 0 bridgehead atoms. The predicted molar refractivity (Wildman–Crippen MR) is 79.0 cm³/mol. The first-order valence-electron chi connectivity index (χ1n) is 6.85. The highest BCUT2D eigenvalue weighted by atomic mass is 19.1. The first-order valence-corrected chi connectivity index (χ1v) is 6.85. The zero-order chi connectivity index (χ0) is 14.4. The van der Waals surface area contributed by atoms with Crippen molar-refractivity contribution >= 4 is 0 Å². The monoisotopic (exact) mass is 276 g/mol. The highest BCUT2D eigenvalue weighted by molar-refractivity contribution is 5.57. The van der Waals surface area contributed by atoms with Crippen molar-refractivity contribution in [3.63, 3.8) is 0 Å². The third kappa shape index (κ3) is 4.47. The van der Waals surface area contributed by atoms with Crippen LogP contribution in [0.4, 0.5) is 4.39 Å². The van der Waals surface area contributed by atoms with Gasteiger partial charge in [0, 0.05) is 5.56 Å². The molecule has 0 amide bonds. The number of halogens is 1. The van der Waals surface area contributed by atoms with Crippen LogP contribution in [-0.2, 0) is 6.54 Å². The average molecular weight is 276 g/mol. The second-order valence-corrected chi connectivity index (χ2v) is 5.11. The molecule has 1 N–H and O–H groups in total. The predicted octanol–water partition coefficient (Wildman–Crippen LogP) is 3.13. The zero-order valence-electron chi connectivity index (χ0n) is 12.0. The first-order chi connectivity index (χ1) is 9.65. The molecule has 108 valence electrons. The van der Waals surface area contributed by atoms with Gasteiger partial charge in [-0.3, -0.25) is 0 Å². The van der Waals surface area contributed by atoms with Gasteiger partial charge in [-0.15, -0.1) is 0 Å². The third-order valence-electron chi connectivity index (χ3n) is 3.05. The number of benzene rings is 1. The molecule has 3 nitrogen and oxygen atoms in total. The molecule has 0 saturated carbocycles. The summed E-state index contributed by atoms with van der Waals surface area (Å²) in [6.07, 6.45) is 1.11. The number of nitrogens with zero attached hydrogens (tertiary/aromatic N) is 1. The highest BCUT2D eigenvalue weighted by Gasteiger charge is 2.04. The number of nitrogens with one attached hydrogen (secondary N) is 1. The van der Waals surface area contributed by atoms with Crippen molar-refractivity contribution in [1.29, 1.82) is 0 Å². The van der Waals surface area contributed by atoms with E-state index in [0.717, 1.165) is 36.6 Å². The van der Waals surface area contributed by atoms with E-state index < -0.39 is 0 Å². The van der Waals surface area contributed by atoms with E-state index in [9.17, 15) is 4.39 Å². The molecule has 20 heavy (non-hydrogen) atoms. The molecule has 0 aliphatic carbocycles. The summed E-state index contributed by atoms with van der Waals surface area (Å²) in [5, 5.41) is 3.35. The Morgan fingerprint density at radius 2 is 1.85 bits per heavy atom. The standard InChI is InChI=1S/C16H21FN2O/c1-19(2)11-3-10-18-12-15-8-9-16(20-15)13-4-6-14(17)7-5-13/h4-9,18H,3,10-12H2,1-2H3. The molecule has 1 aromatic heterocycles. The van der Waals surface area contributed by atoms with Crippen LogP contribution < -0.4 is 5.32 Å². The van der Waals surface area contributed by atoms with E-state index in [1.807, 2.05) is 12.1 Å². The maximum Gasteiger partial charge on any atom is 0.134 e. The second-order valence-electron chi connectivity index (χ2n) is 5.11. The number of hydrogen-bond donors (Lipinski definition) is 1. The molecular formula is C16H21FN2O. The summed E-state index contributed by atoms with van der Waals surface area (Å²) < 4.78 is 18.6. The molecule has 0 unspecified atom stereocenters. The van der Waals surface area contributed by atoms with Gasteiger partial charge in [0.1, 0.15) is 17.3 Å². The van der Waals surface area contributed by atoms with E-state index in [-0.39, 0.29) is 5.82 Å². The van der Waals surface area contributed by atoms with Gasteiger partial charge in [-0.1, -0.05) is 0 Å². The summed E-state index contributed by atoms with van der Waals surface area (Å²) >= 11 is 0. The largest absolute Gasteiger partial charge is 0.460 e. The normalized spacial score (nSPS) is 11.2. The summed E-state index contributed by atoms with van der Waals surface area (Å²) in [5.41, 5.74) is 0.894. The first kappa shape index (κ1) is 14.8. The Balaban J connectivity index is 1.82. The van der Waals surface area contributed by atoms with Crippen LogP contribution in [0.1, 0.15) is 12.2 Å². The fourth-order valence-electron chi connectivity index (χ4n) is 1.97. The highest BCUT2D eigenvalue weighted by Crippen LogP contribution is 2.22. The van der Waals surface area contributed by atoms with Crippen LogP contribution in [0.25, 0.3) is 11.3 Å². The molecule has 0 spiro atoms. The van der Waals surface area contributed by atoms with Gasteiger partial charge in [-0.2, -0.15) is 0 Å². The molecule has 0 fully saturated rings. The molecule has 0 saturated heterocycles. The quantitative estimate of drug-likeness (QED) is 0.788. The van der Waals surface area contributed by atoms with Crippen molar-refractivity contribution in [3.8, 4) is 11.3 Å². The Labute approximate surface area is 119 Å². The molecule has 0 aliphatic rings. The Morgan fingerprint density at radius 1 is 1.10 bits per heavy atom. The minimum absolute atomic E-state index is 0.233. The lowest BCUT2D eigenvalue weighted by atomic mass is 10.2. The Morgan fingerprint density at radius 3 is 2.55 bits per heavy atom. The van der Waals surface area contributed by atoms with Gasteiger partial charge in [0.2, 0.25) is 0 Å². The van der Waals surface area contributed by atoms with Gasteiger partial charge in [0.15, 0.2) is 0 Å². The van der Waals surface area contributed by atoms with E-state index in [0.29, 0.717) is 6.54 Å². The summed E-state index contributed by atoms with van der Waals surface area (Å²) in [7, 11) is 4.14. The maximum absolute atomic E-state index is 12.9. The lowest BCUT2D eigenvalue weighted by Gasteiger charge is -2.09. The maximum atomic E-state index is 12.9. The van der Waals surface area contributed by atoms with Crippen LogP contribution in [-0.4, -0.2) is 32.1 Å². The minimum Gasteiger partial charge on any atom is -0.460 e. The molecule has 1 heterocycles. The Kier molecular flexibility index (Phi) is 5.32. The van der Waals surface area contributed by atoms with Crippen molar-refractivity contribution in [1.82, 2.24) is 10.2 Å². The van der Waals surface area contributed by atoms with Crippen LogP contribution in [0.2, 0.25) is 0 Å². The summed E-state index contributed by atoms with van der Waals surface area (Å²) in [6, 6.07) is 10.2. The summed E-state index contributed by atoms with van der Waals surface area (Å²) in [6.45, 7) is 2.76. The average Bonchev–Trinajstić information content (AvgIpc) is 2.87. The van der Waals surface area contributed by atoms with Crippen molar-refractivity contribution in [2.75, 3.05) is 27.2 Å². The van der Waals surface area contributed by atoms with Gasteiger partial charge < -0.3 is 14.6 Å². The van der Waals surface area contributed by atoms with Crippen molar-refractivity contribution in [2.24, 2.45) is 0 Å². The fourth-order valence-corrected chi connectivity index (χ4v) is 1.97. The van der Waals surface area contributed by atoms with Gasteiger partial charge >= 0.3 is 0 Å². The molecule has 0 atom stereocenters. The Hall–Kier alpha value is -1.65. The van der Waals surface area contributed by atoms with Crippen LogP contribution in [0.3, 0.4) is 0 Å². The van der Waals surface area contributed by atoms with Crippen LogP contribution in [0, 0.1) is 5.82 Å². The number of hydrogen-bond acceptors (Lipinski definition) is 3. The zero-order valence-corrected chi connectivity index (χ0v) is 12.0. The summed E-state index contributed by atoms with van der Waals surface area (Å²) in [5.74, 6) is 1.44. The third-order valence-corrected chi connectivity index (χ3v) is 3.05. The fraction of sp³-hybridized carbons (Fsp3) is 0.375. The Bertz CT molecular complexity index is 520. The van der Waals surface area contributed by atoms with Crippen LogP contribution >= 0.6 is 0 Å². The molecule has 0 aliphatic heterocycles. The lowest BCUT2D eigenvalue weighted by Crippen LogP contribution is -2.20. The van der Waals surface area contributed by atoms with Crippen molar-refractivity contribution < 1.29 is 8.81 Å². The lowest BCUT2D eigenvalue weighted by molar-refractivity contribution is 0.391. The van der Waals surface area contributed by atoms with Crippen LogP contribution in [0.5, 0.6) is 0 Å². The summed E-state index contributed by atoms with van der Waals surface area (Å²) in [4.78, 5) is 2.17. The minimum atomic E-state index is -0.233. The van der Waals surface area contributed by atoms with Crippen molar-refractivity contribution in [3.05, 3.63) is 48.0 Å².